The van der Waals surface area contributed by atoms with Gasteiger partial charge in [0.15, 0.2) is 0 Å². The number of benzene rings is 2. The van der Waals surface area contributed by atoms with Crippen molar-refractivity contribution in [3.8, 4) is 0 Å². The van der Waals surface area contributed by atoms with Gasteiger partial charge in [0.25, 0.3) is 5.69 Å². The monoisotopic (exact) mass is 412 g/mol. The Kier molecular flexibility index (Phi) is 8.18. The molecule has 0 aliphatic carbocycles. The number of hydrogen-bond acceptors (Lipinski definition) is 9. The van der Waals surface area contributed by atoms with Crippen LogP contribution in [0.2, 0.25) is 0 Å². The average Bonchev–Trinajstić information content (AvgIpc) is 2.77. The zero-order chi connectivity index (χ0) is 21.9. The first-order valence-corrected chi connectivity index (χ1v) is 8.80. The summed E-state index contributed by atoms with van der Waals surface area (Å²) in [5.41, 5.74) is 4.49. The van der Waals surface area contributed by atoms with Crippen molar-refractivity contribution in [1.29, 1.82) is 0 Å². The van der Waals surface area contributed by atoms with Crippen LogP contribution in [-0.2, 0) is 19.1 Å². The van der Waals surface area contributed by atoms with Gasteiger partial charge in [-0.15, -0.1) is 0 Å². The van der Waals surface area contributed by atoms with E-state index in [1.165, 1.54) is 26.4 Å². The average molecular weight is 412 g/mol. The SMILES string of the molecule is COC(=O)CC/C(=N\Nc1ccccc1N=Cc1ccc([N+](=O)[O-])cc1)C(=O)OC. The molecule has 1 N–H and O–H groups in total. The highest BCUT2D eigenvalue weighted by atomic mass is 16.6. The molecule has 2 aromatic rings. The number of ether oxygens (including phenoxy) is 2. The molecule has 10 heteroatoms. The molecule has 2 aromatic carbocycles. The van der Waals surface area contributed by atoms with Gasteiger partial charge in [0.1, 0.15) is 5.71 Å². The number of hydrazone groups is 1. The van der Waals surface area contributed by atoms with Crippen LogP contribution >= 0.6 is 0 Å². The van der Waals surface area contributed by atoms with Gasteiger partial charge < -0.3 is 9.47 Å². The first-order valence-electron chi connectivity index (χ1n) is 8.80. The molecule has 0 aliphatic heterocycles. The fraction of sp³-hybridized carbons (Fsp3) is 0.200. The highest BCUT2D eigenvalue weighted by Gasteiger charge is 2.15. The summed E-state index contributed by atoms with van der Waals surface area (Å²) in [6.07, 6.45) is 1.57. The van der Waals surface area contributed by atoms with Gasteiger partial charge in [-0.2, -0.15) is 5.10 Å². The number of rotatable bonds is 9. The van der Waals surface area contributed by atoms with Gasteiger partial charge in [-0.3, -0.25) is 25.3 Å². The molecule has 0 amide bonds. The Morgan fingerprint density at radius 2 is 1.77 bits per heavy atom. The van der Waals surface area contributed by atoms with Gasteiger partial charge in [-0.1, -0.05) is 12.1 Å². The smallest absolute Gasteiger partial charge is 0.354 e. The molecule has 0 unspecified atom stereocenters. The molecule has 0 radical (unpaired) electrons. The second kappa shape index (κ2) is 11.1. The minimum absolute atomic E-state index is 0.00847. The summed E-state index contributed by atoms with van der Waals surface area (Å²) in [5, 5.41) is 14.8. The van der Waals surface area contributed by atoms with E-state index in [-0.39, 0.29) is 24.2 Å². The number of nitrogens with zero attached hydrogens (tertiary/aromatic N) is 3. The summed E-state index contributed by atoms with van der Waals surface area (Å²) in [7, 11) is 2.48. The van der Waals surface area contributed by atoms with Crippen molar-refractivity contribution >= 4 is 40.9 Å². The maximum absolute atomic E-state index is 11.9. The van der Waals surface area contributed by atoms with Crippen molar-refractivity contribution in [2.24, 2.45) is 10.1 Å². The van der Waals surface area contributed by atoms with Crippen molar-refractivity contribution in [2.45, 2.75) is 12.8 Å². The first kappa shape index (κ1) is 22.2. The molecular formula is C20H20N4O6. The Morgan fingerprint density at radius 1 is 1.07 bits per heavy atom. The Morgan fingerprint density at radius 3 is 2.40 bits per heavy atom. The minimum Gasteiger partial charge on any atom is -0.469 e. The Hall–Kier alpha value is -4.08. The van der Waals surface area contributed by atoms with E-state index in [1.54, 1.807) is 42.6 Å². The minimum atomic E-state index is -0.668. The third-order valence-electron chi connectivity index (χ3n) is 3.89. The van der Waals surface area contributed by atoms with Gasteiger partial charge in [0.2, 0.25) is 0 Å². The third kappa shape index (κ3) is 6.51. The molecule has 0 heterocycles. The lowest BCUT2D eigenvalue weighted by atomic mass is 10.2. The standard InChI is InChI=1S/C20H20N4O6/c1-29-19(25)12-11-18(20(26)30-2)23-22-17-6-4-3-5-16(17)21-13-14-7-9-15(10-8-14)24(27)28/h3-10,13,22H,11-12H2,1-2H3/b21-13?,23-18+. The number of esters is 2. The van der Waals surface area contributed by atoms with Gasteiger partial charge in [0.05, 0.1) is 36.9 Å². The summed E-state index contributed by atoms with van der Waals surface area (Å²) in [4.78, 5) is 37.8. The number of non-ortho nitro benzene ring substituents is 1. The lowest BCUT2D eigenvalue weighted by Crippen LogP contribution is -2.19. The van der Waals surface area contributed by atoms with Crippen LogP contribution in [0.4, 0.5) is 17.1 Å². The van der Waals surface area contributed by atoms with Crippen molar-refractivity contribution in [2.75, 3.05) is 19.6 Å². The van der Waals surface area contributed by atoms with Crippen LogP contribution in [0.5, 0.6) is 0 Å². The summed E-state index contributed by atoms with van der Waals surface area (Å²) in [6, 6.07) is 12.9. The van der Waals surface area contributed by atoms with Crippen molar-refractivity contribution in [3.63, 3.8) is 0 Å². The number of nitro benzene ring substituents is 1. The molecule has 0 atom stereocenters. The van der Waals surface area contributed by atoms with Gasteiger partial charge in [-0.05, 0) is 29.8 Å². The summed E-state index contributed by atoms with van der Waals surface area (Å²) in [6.45, 7) is 0. The molecule has 0 spiro atoms. The number of carbonyl (C=O) groups is 2. The molecule has 156 valence electrons. The van der Waals surface area contributed by atoms with E-state index in [1.807, 2.05) is 0 Å². The highest BCUT2D eigenvalue weighted by Crippen LogP contribution is 2.24. The zero-order valence-electron chi connectivity index (χ0n) is 16.4. The van der Waals surface area contributed by atoms with Crippen LogP contribution in [0.15, 0.2) is 58.6 Å². The molecule has 0 bridgehead atoms. The third-order valence-corrected chi connectivity index (χ3v) is 3.89. The number of carbonyl (C=O) groups excluding carboxylic acids is 2. The van der Waals surface area contributed by atoms with E-state index >= 15 is 0 Å². The predicted molar refractivity (Wildman–Crippen MR) is 111 cm³/mol. The molecule has 0 saturated carbocycles. The second-order valence-electron chi connectivity index (χ2n) is 5.86. The zero-order valence-corrected chi connectivity index (χ0v) is 16.4. The van der Waals surface area contributed by atoms with E-state index in [9.17, 15) is 19.7 Å². The normalized spacial score (nSPS) is 11.2. The largest absolute Gasteiger partial charge is 0.469 e. The predicted octanol–water partition coefficient (Wildman–Crippen LogP) is 3.24. The topological polar surface area (TPSA) is 132 Å². The van der Waals surface area contributed by atoms with Crippen LogP contribution in [0.25, 0.3) is 0 Å². The van der Waals surface area contributed by atoms with E-state index in [2.05, 4.69) is 25.0 Å². The lowest BCUT2D eigenvalue weighted by molar-refractivity contribution is -0.384. The van der Waals surface area contributed by atoms with Gasteiger partial charge in [-0.25, -0.2) is 4.79 Å². The van der Waals surface area contributed by atoms with Crippen molar-refractivity contribution in [3.05, 3.63) is 64.2 Å². The van der Waals surface area contributed by atoms with Crippen molar-refractivity contribution in [1.82, 2.24) is 0 Å². The molecule has 30 heavy (non-hydrogen) atoms. The van der Waals surface area contributed by atoms with Crippen LogP contribution in [0, 0.1) is 10.1 Å². The molecule has 0 saturated heterocycles. The van der Waals surface area contributed by atoms with Crippen LogP contribution in [0.1, 0.15) is 18.4 Å². The van der Waals surface area contributed by atoms with E-state index in [4.69, 9.17) is 0 Å². The van der Waals surface area contributed by atoms with E-state index in [0.29, 0.717) is 16.9 Å². The summed E-state index contributed by atoms with van der Waals surface area (Å²) < 4.78 is 9.26. The number of para-hydroxylation sites is 2. The fourth-order valence-electron chi connectivity index (χ4n) is 2.28. The Labute approximate surface area is 172 Å². The van der Waals surface area contributed by atoms with E-state index in [0.717, 1.165) is 0 Å². The fourth-order valence-corrected chi connectivity index (χ4v) is 2.28. The highest BCUT2D eigenvalue weighted by molar-refractivity contribution is 6.36. The number of nitro groups is 1. The van der Waals surface area contributed by atoms with Crippen LogP contribution in [0.3, 0.4) is 0 Å². The molecule has 0 aromatic heterocycles. The maximum atomic E-state index is 11.9. The summed E-state index contributed by atoms with van der Waals surface area (Å²) >= 11 is 0. The number of aliphatic imine (C=N–C) groups is 1. The van der Waals surface area contributed by atoms with Gasteiger partial charge >= 0.3 is 11.9 Å². The molecule has 0 aliphatic rings. The lowest BCUT2D eigenvalue weighted by Gasteiger charge is -2.07. The number of nitrogens with one attached hydrogen (secondary N) is 1. The Balaban J connectivity index is 2.18. The number of methoxy groups -OCH3 is 2. The number of hydrogen-bond donors (Lipinski definition) is 1. The second-order valence-corrected chi connectivity index (χ2v) is 5.86. The summed E-state index contributed by atoms with van der Waals surface area (Å²) in [5.74, 6) is -1.14. The maximum Gasteiger partial charge on any atom is 0.354 e. The Bertz CT molecular complexity index is 970. The molecule has 2 rings (SSSR count). The molecule has 10 nitrogen and oxygen atoms in total. The quantitative estimate of drug-likeness (QED) is 0.289. The molecular weight excluding hydrogens is 392 g/mol. The van der Waals surface area contributed by atoms with Gasteiger partial charge in [0, 0.05) is 24.8 Å². The first-order chi connectivity index (χ1) is 14.4. The number of anilines is 1. The van der Waals surface area contributed by atoms with E-state index < -0.39 is 16.9 Å². The van der Waals surface area contributed by atoms with Crippen molar-refractivity contribution < 1.29 is 24.0 Å². The van der Waals surface area contributed by atoms with Crippen LogP contribution < -0.4 is 5.43 Å². The van der Waals surface area contributed by atoms with Crippen LogP contribution in [-0.4, -0.2) is 43.0 Å². The molecule has 0 fully saturated rings.